The zero-order valence-electron chi connectivity index (χ0n) is 26.0. The van der Waals surface area contributed by atoms with Crippen LogP contribution in [0.3, 0.4) is 0 Å². The summed E-state index contributed by atoms with van der Waals surface area (Å²) in [5.41, 5.74) is -1.70. The second kappa shape index (κ2) is 13.9. The SMILES string of the molecule is Cc1nccc(NS(=O)(=O)c2ccc(NC(=O)C(F)(F)C(F)(F)C(F)(F)C(F)(F)C(=O)Nc3ccc(S(=O)(=O)Nc4ccnc(C)n4)cc3)cc2)n1. The zero-order valence-corrected chi connectivity index (χ0v) is 27.6. The van der Waals surface area contributed by atoms with Crippen LogP contribution in [0.15, 0.2) is 82.8 Å². The first-order chi connectivity index (χ1) is 23.9. The minimum atomic E-state index is -7.23. The number of aromatic nitrogens is 4. The molecule has 2 heterocycles. The van der Waals surface area contributed by atoms with Crippen molar-refractivity contribution < 1.29 is 61.5 Å². The highest BCUT2D eigenvalue weighted by Gasteiger charge is 2.84. The second-order valence-electron chi connectivity index (χ2n) is 10.4. The van der Waals surface area contributed by atoms with E-state index in [0.29, 0.717) is 48.5 Å². The van der Waals surface area contributed by atoms with Crippen molar-refractivity contribution in [2.75, 3.05) is 20.1 Å². The van der Waals surface area contributed by atoms with E-state index in [1.54, 1.807) is 0 Å². The minimum absolute atomic E-state index is 0.176. The largest absolute Gasteiger partial charge is 0.393 e. The molecule has 4 rings (SSSR count). The Morgan fingerprint density at radius 3 is 1.13 bits per heavy atom. The van der Waals surface area contributed by atoms with E-state index in [-0.39, 0.29) is 23.3 Å². The van der Waals surface area contributed by atoms with Crippen LogP contribution in [0, 0.1) is 13.8 Å². The maximum atomic E-state index is 14.6. The molecule has 0 radical (unpaired) electrons. The first kappa shape index (κ1) is 39.3. The number of rotatable bonds is 13. The molecule has 0 aliphatic rings. The van der Waals surface area contributed by atoms with Crippen LogP contribution in [-0.2, 0) is 29.6 Å². The number of carbonyl (C=O) groups is 2. The van der Waals surface area contributed by atoms with Crippen molar-refractivity contribution >= 4 is 54.9 Å². The molecular formula is C28H22F8N8O6S2. The highest BCUT2D eigenvalue weighted by molar-refractivity contribution is 7.93. The van der Waals surface area contributed by atoms with E-state index < -0.39 is 76.7 Å². The van der Waals surface area contributed by atoms with Crippen LogP contribution in [-0.4, -0.2) is 72.3 Å². The number of alkyl halides is 8. The Morgan fingerprint density at radius 2 is 0.846 bits per heavy atom. The minimum Gasteiger partial charge on any atom is -0.321 e. The summed E-state index contributed by atoms with van der Waals surface area (Å²) in [4.78, 5) is 38.2. The van der Waals surface area contributed by atoms with Crippen molar-refractivity contribution in [3.8, 4) is 0 Å². The lowest BCUT2D eigenvalue weighted by molar-refractivity contribution is -0.345. The predicted octanol–water partition coefficient (Wildman–Crippen LogP) is 4.60. The Morgan fingerprint density at radius 1 is 0.538 bits per heavy atom. The van der Waals surface area contributed by atoms with E-state index in [1.165, 1.54) is 38.4 Å². The van der Waals surface area contributed by atoms with Gasteiger partial charge in [-0.15, -0.1) is 0 Å². The van der Waals surface area contributed by atoms with E-state index in [9.17, 15) is 61.5 Å². The average molecular weight is 783 g/mol. The number of sulfonamides is 2. The molecule has 278 valence electrons. The third kappa shape index (κ3) is 7.85. The standard InChI is InChI=1S/C28H22F8N8O6S2/c1-15-37-13-11-21(39-15)43-51(47,48)19-7-3-17(4-8-19)41-23(45)25(29,30)27(33,34)28(35,36)26(31,32)24(46)42-18-5-9-20(10-6-18)52(49,50)44-22-12-14-38-16(2)40-22/h3-14H,1-2H3,(H,41,45)(H,42,46)(H,37,39,43)(H,38,40,44). The Balaban J connectivity index is 1.46. The third-order valence-corrected chi connectivity index (χ3v) is 9.37. The molecule has 0 aliphatic carbocycles. The van der Waals surface area contributed by atoms with Crippen molar-refractivity contribution in [1.82, 2.24) is 19.9 Å². The highest BCUT2D eigenvalue weighted by Crippen LogP contribution is 2.53. The van der Waals surface area contributed by atoms with Gasteiger partial charge in [-0.2, -0.15) is 35.1 Å². The van der Waals surface area contributed by atoms with Crippen molar-refractivity contribution in [2.24, 2.45) is 0 Å². The van der Waals surface area contributed by atoms with Gasteiger partial charge < -0.3 is 10.6 Å². The van der Waals surface area contributed by atoms with Gasteiger partial charge in [-0.05, 0) is 74.5 Å². The molecule has 14 nitrogen and oxygen atoms in total. The van der Waals surface area contributed by atoms with Crippen LogP contribution in [0.25, 0.3) is 0 Å². The van der Waals surface area contributed by atoms with Gasteiger partial charge in [0.15, 0.2) is 0 Å². The van der Waals surface area contributed by atoms with E-state index >= 15 is 0 Å². The van der Waals surface area contributed by atoms with Gasteiger partial charge >= 0.3 is 35.5 Å². The Labute approximate surface area is 288 Å². The molecule has 4 N–H and O–H groups in total. The molecule has 2 aromatic carbocycles. The molecule has 0 bridgehead atoms. The number of hydrogen-bond donors (Lipinski definition) is 4. The summed E-state index contributed by atoms with van der Waals surface area (Å²) in [5, 5.41) is 2.21. The Hall–Kier alpha value is -5.52. The second-order valence-corrected chi connectivity index (χ2v) is 13.8. The highest BCUT2D eigenvalue weighted by atomic mass is 32.2. The predicted molar refractivity (Wildman–Crippen MR) is 165 cm³/mol. The van der Waals surface area contributed by atoms with Crippen LogP contribution in [0.2, 0.25) is 0 Å². The van der Waals surface area contributed by atoms with E-state index in [0.717, 1.165) is 10.6 Å². The van der Waals surface area contributed by atoms with E-state index in [2.05, 4.69) is 19.9 Å². The average Bonchev–Trinajstić information content (AvgIpc) is 3.04. The summed E-state index contributed by atoms with van der Waals surface area (Å²) in [5.74, 6) is -34.1. The van der Waals surface area contributed by atoms with Crippen LogP contribution in [0.1, 0.15) is 11.6 Å². The van der Waals surface area contributed by atoms with Gasteiger partial charge in [0.05, 0.1) is 9.79 Å². The number of nitrogens with one attached hydrogen (secondary N) is 4. The number of nitrogens with zero attached hydrogens (tertiary/aromatic N) is 4. The van der Waals surface area contributed by atoms with E-state index in [4.69, 9.17) is 0 Å². The molecule has 0 atom stereocenters. The Bertz CT molecular complexity index is 2050. The molecule has 0 aliphatic heterocycles. The maximum absolute atomic E-state index is 14.6. The van der Waals surface area contributed by atoms with E-state index in [1.807, 2.05) is 9.44 Å². The first-order valence-electron chi connectivity index (χ1n) is 13.9. The smallest absolute Gasteiger partial charge is 0.321 e. The molecule has 0 spiro atoms. The van der Waals surface area contributed by atoms with Gasteiger partial charge in [0.25, 0.3) is 20.0 Å². The van der Waals surface area contributed by atoms with Crippen LogP contribution in [0.5, 0.6) is 0 Å². The van der Waals surface area contributed by atoms with Crippen LogP contribution >= 0.6 is 0 Å². The summed E-state index contributed by atoms with van der Waals surface area (Å²) in [6.45, 7) is 2.89. The van der Waals surface area contributed by atoms with Crippen LogP contribution < -0.4 is 20.1 Å². The number of carbonyl (C=O) groups excluding carboxylic acids is 2. The number of amides is 2. The molecule has 4 aromatic rings. The molecule has 2 aromatic heterocycles. The lowest BCUT2D eigenvalue weighted by Crippen LogP contribution is -2.67. The van der Waals surface area contributed by atoms with Gasteiger partial charge in [-0.1, -0.05) is 0 Å². The van der Waals surface area contributed by atoms with Gasteiger partial charge in [0, 0.05) is 23.8 Å². The molecule has 0 saturated heterocycles. The molecule has 52 heavy (non-hydrogen) atoms. The van der Waals surface area contributed by atoms with Gasteiger partial charge in [-0.3, -0.25) is 19.0 Å². The first-order valence-corrected chi connectivity index (χ1v) is 16.9. The maximum Gasteiger partial charge on any atom is 0.393 e. The number of hydrogen-bond acceptors (Lipinski definition) is 10. The Kier molecular flexibility index (Phi) is 10.5. The monoisotopic (exact) mass is 782 g/mol. The lowest BCUT2D eigenvalue weighted by Gasteiger charge is -2.35. The molecule has 2 amide bonds. The molecular weight excluding hydrogens is 760 g/mol. The fourth-order valence-electron chi connectivity index (χ4n) is 3.95. The molecule has 0 fully saturated rings. The normalized spacial score (nSPS) is 12.9. The summed E-state index contributed by atoms with van der Waals surface area (Å²) >= 11 is 0. The van der Waals surface area contributed by atoms with Gasteiger partial charge in [-0.25, -0.2) is 36.8 Å². The van der Waals surface area contributed by atoms with Crippen molar-refractivity contribution in [3.63, 3.8) is 0 Å². The van der Waals surface area contributed by atoms with Crippen LogP contribution in [0.4, 0.5) is 58.1 Å². The summed E-state index contributed by atoms with van der Waals surface area (Å²) in [6.07, 6.45) is 2.44. The molecule has 24 heteroatoms. The summed E-state index contributed by atoms with van der Waals surface area (Å²) < 4.78 is 171. The molecule has 0 saturated carbocycles. The zero-order chi connectivity index (χ0) is 38.9. The summed E-state index contributed by atoms with van der Waals surface area (Å²) in [6, 6.07) is 7.48. The van der Waals surface area contributed by atoms with Gasteiger partial charge in [0.1, 0.15) is 23.3 Å². The third-order valence-electron chi connectivity index (χ3n) is 6.63. The van der Waals surface area contributed by atoms with Crippen molar-refractivity contribution in [3.05, 3.63) is 84.7 Å². The lowest BCUT2D eigenvalue weighted by atomic mass is 9.97. The number of benzene rings is 2. The summed E-state index contributed by atoms with van der Waals surface area (Å²) in [7, 11) is -8.78. The molecule has 0 unspecified atom stereocenters. The van der Waals surface area contributed by atoms with Crippen molar-refractivity contribution in [2.45, 2.75) is 47.3 Å². The topological polar surface area (TPSA) is 202 Å². The quantitative estimate of drug-likeness (QED) is 0.139. The fourth-order valence-corrected chi connectivity index (χ4v) is 5.96. The van der Waals surface area contributed by atoms with Gasteiger partial charge in [0.2, 0.25) is 0 Å². The van der Waals surface area contributed by atoms with Crippen molar-refractivity contribution in [1.29, 1.82) is 0 Å². The fraction of sp³-hybridized carbons (Fsp3) is 0.214. The number of halogens is 8. The number of aryl methyl sites for hydroxylation is 2. The number of anilines is 4.